The van der Waals surface area contributed by atoms with Gasteiger partial charge in [-0.05, 0) is 11.1 Å². The van der Waals surface area contributed by atoms with Crippen molar-refractivity contribution < 1.29 is 5.11 Å². The number of aliphatic hydroxyl groups is 1. The van der Waals surface area contributed by atoms with Gasteiger partial charge in [-0.1, -0.05) is 24.3 Å². The van der Waals surface area contributed by atoms with E-state index >= 15 is 0 Å². The van der Waals surface area contributed by atoms with Gasteiger partial charge in [-0.25, -0.2) is 4.98 Å². The minimum Gasteiger partial charge on any atom is -0.391 e. The van der Waals surface area contributed by atoms with E-state index in [1.165, 1.54) is 11.1 Å². The van der Waals surface area contributed by atoms with Crippen LogP contribution in [0.4, 0.5) is 0 Å². The predicted molar refractivity (Wildman–Crippen MR) is 68.9 cm³/mol. The summed E-state index contributed by atoms with van der Waals surface area (Å²) in [6, 6.07) is 8.25. The van der Waals surface area contributed by atoms with Crippen molar-refractivity contribution in [3.63, 3.8) is 0 Å². The summed E-state index contributed by atoms with van der Waals surface area (Å²) < 4.78 is 1.99. The fourth-order valence-electron chi connectivity index (χ4n) is 2.59. The van der Waals surface area contributed by atoms with E-state index in [4.69, 9.17) is 0 Å². The van der Waals surface area contributed by atoms with Crippen LogP contribution >= 0.6 is 0 Å². The molecule has 0 unspecified atom stereocenters. The Kier molecular flexibility index (Phi) is 2.89. The van der Waals surface area contributed by atoms with Crippen molar-refractivity contribution in [2.75, 3.05) is 0 Å². The van der Waals surface area contributed by atoms with Crippen LogP contribution in [0.5, 0.6) is 0 Å². The lowest BCUT2D eigenvalue weighted by atomic mass is 10.1. The van der Waals surface area contributed by atoms with E-state index in [1.54, 1.807) is 6.33 Å². The third-order valence-corrected chi connectivity index (χ3v) is 3.62. The molecule has 0 saturated heterocycles. The Balaban J connectivity index is 1.75. The van der Waals surface area contributed by atoms with Crippen LogP contribution in [0, 0.1) is 0 Å². The second-order valence-electron chi connectivity index (χ2n) is 4.82. The van der Waals surface area contributed by atoms with Gasteiger partial charge >= 0.3 is 0 Å². The molecule has 3 rings (SSSR count). The summed E-state index contributed by atoms with van der Waals surface area (Å²) >= 11 is 0. The van der Waals surface area contributed by atoms with Gasteiger partial charge in [0.15, 0.2) is 0 Å². The van der Waals surface area contributed by atoms with Crippen molar-refractivity contribution in [2.45, 2.75) is 25.1 Å². The molecule has 4 nitrogen and oxygen atoms in total. The average molecular weight is 243 g/mol. The minimum absolute atomic E-state index is 0.0242. The van der Waals surface area contributed by atoms with Crippen LogP contribution in [0.2, 0.25) is 0 Å². The highest BCUT2D eigenvalue weighted by molar-refractivity contribution is 5.36. The zero-order chi connectivity index (χ0) is 12.5. The van der Waals surface area contributed by atoms with Gasteiger partial charge in [-0.3, -0.25) is 0 Å². The van der Waals surface area contributed by atoms with Crippen molar-refractivity contribution in [3.05, 3.63) is 53.6 Å². The molecule has 0 fully saturated rings. The molecule has 1 aromatic heterocycles. The molecule has 0 radical (unpaired) electrons. The van der Waals surface area contributed by atoms with Gasteiger partial charge in [0.1, 0.15) is 0 Å². The van der Waals surface area contributed by atoms with E-state index in [2.05, 4.69) is 22.4 Å². The van der Waals surface area contributed by atoms with Crippen LogP contribution in [0.3, 0.4) is 0 Å². The zero-order valence-corrected chi connectivity index (χ0v) is 10.4. The second kappa shape index (κ2) is 4.55. The molecule has 94 valence electrons. The number of rotatable bonds is 3. The third kappa shape index (κ3) is 1.94. The molecule has 0 amide bonds. The van der Waals surface area contributed by atoms with E-state index in [9.17, 15) is 5.11 Å². The predicted octanol–water partition coefficient (Wildman–Crippen LogP) is 1.17. The van der Waals surface area contributed by atoms with Crippen molar-refractivity contribution >= 4 is 0 Å². The van der Waals surface area contributed by atoms with Crippen LogP contribution in [-0.4, -0.2) is 20.8 Å². The fraction of sp³-hybridized carbons (Fsp3) is 0.357. The van der Waals surface area contributed by atoms with Gasteiger partial charge in [0.05, 0.1) is 24.2 Å². The van der Waals surface area contributed by atoms with Crippen LogP contribution in [-0.2, 0) is 20.0 Å². The van der Waals surface area contributed by atoms with Crippen molar-refractivity contribution in [1.82, 2.24) is 14.9 Å². The first kappa shape index (κ1) is 11.4. The summed E-state index contributed by atoms with van der Waals surface area (Å²) in [7, 11) is 1.98. The number of hydrogen-bond acceptors (Lipinski definition) is 3. The molecule has 0 saturated carbocycles. The lowest BCUT2D eigenvalue weighted by Gasteiger charge is -2.18. The lowest BCUT2D eigenvalue weighted by Crippen LogP contribution is -2.28. The maximum absolute atomic E-state index is 10.1. The van der Waals surface area contributed by atoms with E-state index in [0.717, 1.165) is 12.1 Å². The molecule has 0 spiro atoms. The summed E-state index contributed by atoms with van der Waals surface area (Å²) in [6.45, 7) is 0.715. The summed E-state index contributed by atoms with van der Waals surface area (Å²) in [6.07, 6.45) is 4.03. The Bertz CT molecular complexity index is 549. The molecule has 1 aromatic carbocycles. The normalized spacial score (nSPS) is 22.1. The number of hydrogen-bond donors (Lipinski definition) is 2. The first-order valence-electron chi connectivity index (χ1n) is 6.20. The molecule has 4 heteroatoms. The number of nitrogens with zero attached hydrogens (tertiary/aromatic N) is 2. The van der Waals surface area contributed by atoms with Crippen molar-refractivity contribution in [2.24, 2.45) is 7.05 Å². The Morgan fingerprint density at radius 3 is 3.06 bits per heavy atom. The van der Waals surface area contributed by atoms with E-state index in [1.807, 2.05) is 29.9 Å². The largest absolute Gasteiger partial charge is 0.391 e. The number of benzene rings is 1. The number of nitrogens with one attached hydrogen (secondary N) is 1. The van der Waals surface area contributed by atoms with E-state index < -0.39 is 0 Å². The highest BCUT2D eigenvalue weighted by Crippen LogP contribution is 2.31. The number of aromatic nitrogens is 2. The summed E-state index contributed by atoms with van der Waals surface area (Å²) in [4.78, 5) is 4.09. The van der Waals surface area contributed by atoms with E-state index in [0.29, 0.717) is 6.54 Å². The quantitative estimate of drug-likeness (QED) is 0.850. The molecular formula is C14H17N3O. The lowest BCUT2D eigenvalue weighted by molar-refractivity contribution is 0.140. The van der Waals surface area contributed by atoms with Gasteiger partial charge in [0, 0.05) is 26.2 Å². The topological polar surface area (TPSA) is 50.1 Å². The SMILES string of the molecule is Cn1cncc1CN[C@H]1c2ccccc2C[C@H]1O. The van der Waals surface area contributed by atoms with Gasteiger partial charge < -0.3 is 15.0 Å². The van der Waals surface area contributed by atoms with Crippen LogP contribution in [0.1, 0.15) is 22.9 Å². The van der Waals surface area contributed by atoms with Gasteiger partial charge in [0.25, 0.3) is 0 Å². The summed E-state index contributed by atoms with van der Waals surface area (Å²) in [5.74, 6) is 0. The number of fused-ring (bicyclic) bond motifs is 1. The van der Waals surface area contributed by atoms with Crippen molar-refractivity contribution in [3.8, 4) is 0 Å². The Hall–Kier alpha value is -1.65. The van der Waals surface area contributed by atoms with Crippen molar-refractivity contribution in [1.29, 1.82) is 0 Å². The smallest absolute Gasteiger partial charge is 0.0945 e. The maximum atomic E-state index is 10.1. The Labute approximate surface area is 106 Å². The summed E-state index contributed by atoms with van der Waals surface area (Å²) in [5, 5.41) is 13.5. The molecule has 1 heterocycles. The standard InChI is InChI=1S/C14H17N3O/c1-17-9-15-7-11(17)8-16-14-12-5-3-2-4-10(12)6-13(14)18/h2-5,7,9,13-14,16,18H,6,8H2,1H3/t13-,14+/m1/s1. The van der Waals surface area contributed by atoms with Crippen LogP contribution in [0.15, 0.2) is 36.8 Å². The Morgan fingerprint density at radius 2 is 2.28 bits per heavy atom. The van der Waals surface area contributed by atoms with Gasteiger partial charge in [0.2, 0.25) is 0 Å². The molecule has 2 atom stereocenters. The molecule has 0 aliphatic heterocycles. The van der Waals surface area contributed by atoms with Gasteiger partial charge in [-0.2, -0.15) is 0 Å². The highest BCUT2D eigenvalue weighted by Gasteiger charge is 2.30. The third-order valence-electron chi connectivity index (χ3n) is 3.62. The highest BCUT2D eigenvalue weighted by atomic mass is 16.3. The Morgan fingerprint density at radius 1 is 1.44 bits per heavy atom. The molecule has 2 N–H and O–H groups in total. The first-order chi connectivity index (χ1) is 8.75. The molecule has 0 bridgehead atoms. The first-order valence-corrected chi connectivity index (χ1v) is 6.20. The molecule has 1 aliphatic carbocycles. The number of aryl methyl sites for hydroxylation is 1. The number of aliphatic hydroxyl groups excluding tert-OH is 1. The summed E-state index contributed by atoms with van der Waals surface area (Å²) in [5.41, 5.74) is 3.58. The van der Waals surface area contributed by atoms with Crippen LogP contribution < -0.4 is 5.32 Å². The monoisotopic (exact) mass is 243 g/mol. The second-order valence-corrected chi connectivity index (χ2v) is 4.82. The minimum atomic E-state index is -0.337. The fourth-order valence-corrected chi connectivity index (χ4v) is 2.59. The van der Waals surface area contributed by atoms with Crippen LogP contribution in [0.25, 0.3) is 0 Å². The maximum Gasteiger partial charge on any atom is 0.0945 e. The number of imidazole rings is 1. The molecular weight excluding hydrogens is 226 g/mol. The molecule has 2 aromatic rings. The zero-order valence-electron chi connectivity index (χ0n) is 10.4. The molecule has 18 heavy (non-hydrogen) atoms. The van der Waals surface area contributed by atoms with Gasteiger partial charge in [-0.15, -0.1) is 0 Å². The molecule has 1 aliphatic rings. The average Bonchev–Trinajstić information content (AvgIpc) is 2.90. The van der Waals surface area contributed by atoms with E-state index in [-0.39, 0.29) is 12.1 Å².